The van der Waals surface area contributed by atoms with E-state index in [4.69, 9.17) is 14.2 Å². The highest BCUT2D eigenvalue weighted by molar-refractivity contribution is 6.46. The fourth-order valence-electron chi connectivity index (χ4n) is 4.30. The molecule has 0 saturated carbocycles. The number of ether oxygens (including phenoxy) is 3. The number of Topliss-reactive ketones (excluding diaryl/α,β-unsaturated/α-hetero) is 1. The van der Waals surface area contributed by atoms with Crippen molar-refractivity contribution >= 4 is 17.4 Å². The van der Waals surface area contributed by atoms with Gasteiger partial charge in [-0.15, -0.1) is 0 Å². The molecule has 0 spiro atoms. The van der Waals surface area contributed by atoms with E-state index in [2.05, 4.69) is 0 Å². The van der Waals surface area contributed by atoms with Gasteiger partial charge in [0.1, 0.15) is 11.5 Å². The Balaban J connectivity index is 2.20. The molecular weight excluding hydrogens is 448 g/mol. The Hall–Kier alpha value is -3.52. The first-order valence-electron chi connectivity index (χ1n) is 11.6. The van der Waals surface area contributed by atoms with E-state index in [0.29, 0.717) is 47.9 Å². The van der Waals surface area contributed by atoms with E-state index in [1.165, 1.54) is 19.1 Å². The molecule has 188 valence electrons. The molecule has 1 saturated heterocycles. The van der Waals surface area contributed by atoms with E-state index in [9.17, 15) is 14.7 Å². The molecule has 0 bridgehead atoms. The van der Waals surface area contributed by atoms with Gasteiger partial charge in [-0.25, -0.2) is 0 Å². The van der Waals surface area contributed by atoms with E-state index >= 15 is 0 Å². The van der Waals surface area contributed by atoms with Gasteiger partial charge in [0, 0.05) is 6.54 Å². The highest BCUT2D eigenvalue weighted by Gasteiger charge is 2.46. The Kier molecular flexibility index (Phi) is 8.40. The Bertz CT molecular complexity index is 1120. The molecule has 1 aliphatic rings. The van der Waals surface area contributed by atoms with Gasteiger partial charge in [0.25, 0.3) is 11.7 Å². The molecule has 0 aliphatic carbocycles. The van der Waals surface area contributed by atoms with Crippen LogP contribution in [-0.2, 0) is 9.59 Å². The second kappa shape index (κ2) is 11.3. The number of carbonyl (C=O) groups excluding carboxylic acids is 2. The molecule has 1 fully saturated rings. The molecule has 2 aromatic carbocycles. The smallest absolute Gasteiger partial charge is 0.295 e. The number of rotatable bonds is 10. The van der Waals surface area contributed by atoms with Gasteiger partial charge in [-0.1, -0.05) is 17.7 Å². The Morgan fingerprint density at radius 2 is 1.71 bits per heavy atom. The third-order valence-corrected chi connectivity index (χ3v) is 5.96. The number of aliphatic hydroxyl groups excluding tert-OH is 1. The molecule has 1 amide bonds. The van der Waals surface area contributed by atoms with Crippen molar-refractivity contribution in [2.45, 2.75) is 26.3 Å². The number of likely N-dealkylation sites (tertiary alicyclic amines) is 1. The summed E-state index contributed by atoms with van der Waals surface area (Å²) >= 11 is 0. The van der Waals surface area contributed by atoms with E-state index in [-0.39, 0.29) is 11.3 Å². The van der Waals surface area contributed by atoms with Gasteiger partial charge < -0.3 is 29.1 Å². The molecule has 8 heteroatoms. The first-order valence-corrected chi connectivity index (χ1v) is 11.6. The average Bonchev–Trinajstić information content (AvgIpc) is 3.08. The van der Waals surface area contributed by atoms with Crippen LogP contribution < -0.4 is 14.2 Å². The standard InChI is InChI=1S/C27H34N2O6/c1-7-35-21-12-10-18(16-22(21)34-6)24-23(25(30)19-15-17(2)9-11-20(19)33-5)26(31)27(32)29(24)14-8-13-28(3)4/h9-12,15-16,24,30H,7-8,13-14H2,1-6H3/b25-23+. The molecule has 8 nitrogen and oxygen atoms in total. The zero-order valence-electron chi connectivity index (χ0n) is 21.3. The van der Waals surface area contributed by atoms with Crippen LogP contribution in [0.15, 0.2) is 42.0 Å². The molecule has 1 atom stereocenters. The van der Waals surface area contributed by atoms with Crippen molar-refractivity contribution in [2.24, 2.45) is 0 Å². The first-order chi connectivity index (χ1) is 16.7. The summed E-state index contributed by atoms with van der Waals surface area (Å²) in [5, 5.41) is 11.4. The molecule has 3 rings (SSSR count). The Morgan fingerprint density at radius 1 is 1.03 bits per heavy atom. The average molecular weight is 483 g/mol. The van der Waals surface area contributed by atoms with Crippen LogP contribution in [0, 0.1) is 6.92 Å². The summed E-state index contributed by atoms with van der Waals surface area (Å²) in [5.41, 5.74) is 1.91. The highest BCUT2D eigenvalue weighted by atomic mass is 16.5. The SMILES string of the molecule is CCOc1ccc(C2/C(=C(\O)c3cc(C)ccc3OC)C(=O)C(=O)N2CCCN(C)C)cc1OC. The van der Waals surface area contributed by atoms with E-state index in [0.717, 1.165) is 12.1 Å². The molecule has 1 heterocycles. The van der Waals surface area contributed by atoms with Crippen molar-refractivity contribution < 1.29 is 28.9 Å². The molecule has 1 N–H and O–H groups in total. The zero-order chi connectivity index (χ0) is 25.7. The third kappa shape index (κ3) is 5.43. The van der Waals surface area contributed by atoms with E-state index in [1.54, 1.807) is 30.3 Å². The number of benzene rings is 2. The van der Waals surface area contributed by atoms with Crippen LogP contribution in [0.25, 0.3) is 5.76 Å². The molecular formula is C27H34N2O6. The zero-order valence-corrected chi connectivity index (χ0v) is 21.3. The van der Waals surface area contributed by atoms with Crippen LogP contribution in [0.5, 0.6) is 17.2 Å². The van der Waals surface area contributed by atoms with E-state index in [1.807, 2.05) is 38.9 Å². The minimum atomic E-state index is -0.785. The van der Waals surface area contributed by atoms with Crippen LogP contribution in [0.1, 0.15) is 36.1 Å². The molecule has 1 aliphatic heterocycles. The summed E-state index contributed by atoms with van der Waals surface area (Å²) in [4.78, 5) is 30.0. The monoisotopic (exact) mass is 482 g/mol. The lowest BCUT2D eigenvalue weighted by Crippen LogP contribution is -2.32. The van der Waals surface area contributed by atoms with Gasteiger partial charge >= 0.3 is 0 Å². The van der Waals surface area contributed by atoms with Gasteiger partial charge in [-0.05, 0) is 70.7 Å². The predicted molar refractivity (Wildman–Crippen MR) is 134 cm³/mol. The van der Waals surface area contributed by atoms with Crippen LogP contribution in [-0.4, -0.2) is 74.6 Å². The summed E-state index contributed by atoms with van der Waals surface area (Å²) in [7, 11) is 6.93. The molecule has 0 aromatic heterocycles. The lowest BCUT2D eigenvalue weighted by molar-refractivity contribution is -0.139. The minimum Gasteiger partial charge on any atom is -0.507 e. The lowest BCUT2D eigenvalue weighted by atomic mass is 9.94. The first kappa shape index (κ1) is 26.1. The maximum Gasteiger partial charge on any atom is 0.295 e. The quantitative estimate of drug-likeness (QED) is 0.313. The number of aliphatic hydroxyl groups is 1. The maximum atomic E-state index is 13.3. The van der Waals surface area contributed by atoms with Crippen LogP contribution >= 0.6 is 0 Å². The number of nitrogens with zero attached hydrogens (tertiary/aromatic N) is 2. The Labute approximate surface area is 206 Å². The molecule has 0 radical (unpaired) electrons. The van der Waals surface area contributed by atoms with Gasteiger partial charge in [0.2, 0.25) is 0 Å². The van der Waals surface area contributed by atoms with Gasteiger partial charge in [-0.3, -0.25) is 9.59 Å². The number of amides is 1. The summed E-state index contributed by atoms with van der Waals surface area (Å²) in [6, 6.07) is 9.84. The van der Waals surface area contributed by atoms with Gasteiger partial charge in [0.05, 0.1) is 38.0 Å². The van der Waals surface area contributed by atoms with Crippen LogP contribution in [0.2, 0.25) is 0 Å². The van der Waals surface area contributed by atoms with Crippen molar-refractivity contribution in [3.63, 3.8) is 0 Å². The number of ketones is 1. The Morgan fingerprint density at radius 3 is 2.34 bits per heavy atom. The number of hydrogen-bond donors (Lipinski definition) is 1. The lowest BCUT2D eigenvalue weighted by Gasteiger charge is -2.26. The molecule has 1 unspecified atom stereocenters. The number of aryl methyl sites for hydroxylation is 1. The summed E-state index contributed by atoms with van der Waals surface area (Å²) in [6.07, 6.45) is 0.665. The van der Waals surface area contributed by atoms with E-state index < -0.39 is 17.7 Å². The number of methoxy groups -OCH3 is 2. The van der Waals surface area contributed by atoms with Crippen molar-refractivity contribution in [1.82, 2.24) is 9.80 Å². The topological polar surface area (TPSA) is 88.5 Å². The van der Waals surface area contributed by atoms with Crippen molar-refractivity contribution in [3.8, 4) is 17.2 Å². The van der Waals surface area contributed by atoms with Crippen LogP contribution in [0.3, 0.4) is 0 Å². The minimum absolute atomic E-state index is 0.0231. The fraction of sp³-hybridized carbons (Fsp3) is 0.407. The number of hydrogen-bond acceptors (Lipinski definition) is 7. The summed E-state index contributed by atoms with van der Waals surface area (Å²) in [6.45, 7) is 5.32. The summed E-state index contributed by atoms with van der Waals surface area (Å²) in [5.74, 6) is -0.185. The summed E-state index contributed by atoms with van der Waals surface area (Å²) < 4.78 is 16.6. The second-order valence-electron chi connectivity index (χ2n) is 8.70. The van der Waals surface area contributed by atoms with Crippen molar-refractivity contribution in [1.29, 1.82) is 0 Å². The fourth-order valence-corrected chi connectivity index (χ4v) is 4.30. The van der Waals surface area contributed by atoms with Gasteiger partial charge in [-0.2, -0.15) is 0 Å². The van der Waals surface area contributed by atoms with Crippen molar-refractivity contribution in [3.05, 3.63) is 58.7 Å². The normalized spacial score (nSPS) is 17.2. The maximum absolute atomic E-state index is 13.3. The van der Waals surface area contributed by atoms with Crippen LogP contribution in [0.4, 0.5) is 0 Å². The highest BCUT2D eigenvalue weighted by Crippen LogP contribution is 2.43. The number of carbonyl (C=O) groups is 2. The predicted octanol–water partition coefficient (Wildman–Crippen LogP) is 3.78. The van der Waals surface area contributed by atoms with Gasteiger partial charge in [0.15, 0.2) is 11.5 Å². The third-order valence-electron chi connectivity index (χ3n) is 5.96. The molecule has 35 heavy (non-hydrogen) atoms. The largest absolute Gasteiger partial charge is 0.507 e. The van der Waals surface area contributed by atoms with Crippen molar-refractivity contribution in [2.75, 3.05) is 48.0 Å². The second-order valence-corrected chi connectivity index (χ2v) is 8.70. The molecule has 2 aromatic rings.